The molecule has 0 saturated heterocycles. The van der Waals surface area contributed by atoms with E-state index in [1.54, 1.807) is 0 Å². The van der Waals surface area contributed by atoms with E-state index in [1.807, 2.05) is 11.8 Å². The van der Waals surface area contributed by atoms with Gasteiger partial charge in [-0.25, -0.2) is 0 Å². The van der Waals surface area contributed by atoms with Crippen LogP contribution in [-0.4, -0.2) is 23.5 Å². The van der Waals surface area contributed by atoms with E-state index in [0.29, 0.717) is 10.7 Å². The fraction of sp³-hybridized carbons (Fsp3) is 0.917. The van der Waals surface area contributed by atoms with Crippen molar-refractivity contribution in [2.75, 3.05) is 13.1 Å². The van der Waals surface area contributed by atoms with E-state index in [9.17, 15) is 0 Å². The molecule has 1 saturated carbocycles. The van der Waals surface area contributed by atoms with Crippen LogP contribution in [0.25, 0.3) is 0 Å². The van der Waals surface area contributed by atoms with Crippen molar-refractivity contribution in [1.29, 1.82) is 0 Å². The molecule has 0 spiro atoms. The number of rotatable bonds is 3. The summed E-state index contributed by atoms with van der Waals surface area (Å²) >= 11 is 1.95. The Morgan fingerprint density at radius 2 is 2.13 bits per heavy atom. The molecule has 2 aliphatic rings. The molecular weight excluding hydrogens is 204 g/mol. The maximum Gasteiger partial charge on any atom is 0.156 e. The molecule has 0 radical (unpaired) electrons. The number of thioether (sulfide) groups is 1. The Hall–Kier alpha value is -0.180. The van der Waals surface area contributed by atoms with Gasteiger partial charge in [0.25, 0.3) is 0 Å². The van der Waals surface area contributed by atoms with Gasteiger partial charge in [-0.3, -0.25) is 4.99 Å². The number of hydrogen-bond acceptors (Lipinski definition) is 3. The highest BCUT2D eigenvalue weighted by Gasteiger charge is 2.26. The molecule has 0 aromatic carbocycles. The molecule has 0 bridgehead atoms. The Kier molecular flexibility index (Phi) is 3.29. The highest BCUT2D eigenvalue weighted by molar-refractivity contribution is 8.14. The van der Waals surface area contributed by atoms with Crippen molar-refractivity contribution < 1.29 is 0 Å². The van der Waals surface area contributed by atoms with Crippen molar-refractivity contribution in [3.63, 3.8) is 0 Å². The molecule has 0 aromatic heterocycles. The Balaban J connectivity index is 1.67. The van der Waals surface area contributed by atoms with Gasteiger partial charge in [0.1, 0.15) is 0 Å². The lowest BCUT2D eigenvalue weighted by Gasteiger charge is -2.21. The smallest absolute Gasteiger partial charge is 0.156 e. The van der Waals surface area contributed by atoms with Crippen LogP contribution in [0.5, 0.6) is 0 Å². The van der Waals surface area contributed by atoms with Gasteiger partial charge in [0.15, 0.2) is 5.17 Å². The highest BCUT2D eigenvalue weighted by Crippen LogP contribution is 2.32. The van der Waals surface area contributed by atoms with Crippen LogP contribution in [-0.2, 0) is 0 Å². The highest BCUT2D eigenvalue weighted by atomic mass is 32.2. The largest absolute Gasteiger partial charge is 0.365 e. The quantitative estimate of drug-likeness (QED) is 0.800. The minimum Gasteiger partial charge on any atom is -0.365 e. The summed E-state index contributed by atoms with van der Waals surface area (Å²) in [6.45, 7) is 9.08. The Morgan fingerprint density at radius 1 is 1.40 bits per heavy atom. The average molecular weight is 226 g/mol. The molecule has 1 unspecified atom stereocenters. The van der Waals surface area contributed by atoms with Gasteiger partial charge in [0.2, 0.25) is 0 Å². The second-order valence-electron chi connectivity index (χ2n) is 5.97. The lowest BCUT2D eigenvalue weighted by molar-refractivity contribution is 0.375. The number of aliphatic imine (C=N–C) groups is 1. The fourth-order valence-electron chi connectivity index (χ4n) is 1.86. The minimum absolute atomic E-state index is 0.430. The first-order chi connectivity index (χ1) is 7.03. The Labute approximate surface area is 97.3 Å². The number of hydrogen-bond donors (Lipinski definition) is 1. The van der Waals surface area contributed by atoms with Crippen LogP contribution in [0.3, 0.4) is 0 Å². The number of amidine groups is 1. The summed E-state index contributed by atoms with van der Waals surface area (Å²) in [6, 6.07) is 0. The van der Waals surface area contributed by atoms with Crippen LogP contribution in [0, 0.1) is 11.3 Å². The summed E-state index contributed by atoms with van der Waals surface area (Å²) in [6.07, 6.45) is 4.09. The van der Waals surface area contributed by atoms with E-state index in [2.05, 4.69) is 31.1 Å². The van der Waals surface area contributed by atoms with Gasteiger partial charge in [0.05, 0.1) is 6.54 Å². The predicted octanol–water partition coefficient (Wildman–Crippen LogP) is 2.89. The maximum absolute atomic E-state index is 4.57. The van der Waals surface area contributed by atoms with Gasteiger partial charge in [-0.05, 0) is 30.6 Å². The molecule has 0 aromatic rings. The lowest BCUT2D eigenvalue weighted by Crippen LogP contribution is -2.22. The molecule has 1 atom stereocenters. The first kappa shape index (κ1) is 11.3. The maximum atomic E-state index is 4.57. The van der Waals surface area contributed by atoms with E-state index in [0.717, 1.165) is 19.0 Å². The third kappa shape index (κ3) is 4.06. The summed E-state index contributed by atoms with van der Waals surface area (Å²) in [5, 5.41) is 5.36. The average Bonchev–Trinajstić information content (AvgIpc) is 2.83. The van der Waals surface area contributed by atoms with Crippen molar-refractivity contribution in [3.8, 4) is 0 Å². The number of nitrogens with zero attached hydrogens (tertiary/aromatic N) is 1. The molecule has 0 amide bonds. The molecule has 1 N–H and O–H groups in total. The first-order valence-electron chi connectivity index (χ1n) is 5.98. The molecule has 1 fully saturated rings. The van der Waals surface area contributed by atoms with E-state index in [1.165, 1.54) is 24.4 Å². The van der Waals surface area contributed by atoms with Crippen molar-refractivity contribution in [1.82, 2.24) is 5.32 Å². The summed E-state index contributed by atoms with van der Waals surface area (Å²) in [7, 11) is 0. The Morgan fingerprint density at radius 3 is 2.73 bits per heavy atom. The van der Waals surface area contributed by atoms with E-state index in [-0.39, 0.29) is 0 Å². The van der Waals surface area contributed by atoms with Gasteiger partial charge < -0.3 is 5.32 Å². The lowest BCUT2D eigenvalue weighted by atomic mass is 9.90. The van der Waals surface area contributed by atoms with Gasteiger partial charge in [-0.15, -0.1) is 0 Å². The van der Waals surface area contributed by atoms with Gasteiger partial charge in [0, 0.05) is 11.8 Å². The zero-order valence-corrected chi connectivity index (χ0v) is 10.9. The van der Waals surface area contributed by atoms with Crippen LogP contribution in [0.1, 0.15) is 40.0 Å². The third-order valence-corrected chi connectivity index (χ3v) is 3.94. The molecule has 3 heteroatoms. The van der Waals surface area contributed by atoms with Gasteiger partial charge in [-0.1, -0.05) is 32.5 Å². The normalized spacial score (nSPS) is 26.6. The third-order valence-electron chi connectivity index (χ3n) is 2.80. The van der Waals surface area contributed by atoms with Crippen LogP contribution in [0.2, 0.25) is 0 Å². The van der Waals surface area contributed by atoms with Crippen LogP contribution >= 0.6 is 11.8 Å². The Bertz CT molecular complexity index is 251. The fourth-order valence-corrected chi connectivity index (χ4v) is 3.22. The minimum atomic E-state index is 0.430. The zero-order chi connectivity index (χ0) is 10.9. The molecule has 15 heavy (non-hydrogen) atoms. The van der Waals surface area contributed by atoms with E-state index >= 15 is 0 Å². The predicted molar refractivity (Wildman–Crippen MR) is 68.5 cm³/mol. The van der Waals surface area contributed by atoms with Crippen molar-refractivity contribution >= 4 is 16.9 Å². The van der Waals surface area contributed by atoms with E-state index < -0.39 is 0 Å². The van der Waals surface area contributed by atoms with Gasteiger partial charge in [-0.2, -0.15) is 0 Å². The first-order valence-corrected chi connectivity index (χ1v) is 6.86. The van der Waals surface area contributed by atoms with Crippen molar-refractivity contribution in [2.24, 2.45) is 16.3 Å². The van der Waals surface area contributed by atoms with Crippen molar-refractivity contribution in [2.45, 2.75) is 45.3 Å². The standard InChI is InChI=1S/C12H22N2S/c1-12(2,3)6-10-8-14-11(15-10)13-7-9-4-5-9/h9-10H,4-8H2,1-3H3,(H,13,14). The molecule has 1 aliphatic carbocycles. The summed E-state index contributed by atoms with van der Waals surface area (Å²) in [4.78, 5) is 4.57. The van der Waals surface area contributed by atoms with Crippen molar-refractivity contribution in [3.05, 3.63) is 0 Å². The monoisotopic (exact) mass is 226 g/mol. The molecule has 2 nitrogen and oxygen atoms in total. The molecular formula is C12H22N2S. The topological polar surface area (TPSA) is 24.4 Å². The SMILES string of the molecule is CC(C)(C)CC1CN=C(NCC2CC2)S1. The molecule has 1 heterocycles. The number of nitrogens with one attached hydrogen (secondary N) is 1. The summed E-state index contributed by atoms with van der Waals surface area (Å²) < 4.78 is 0. The van der Waals surface area contributed by atoms with E-state index in [4.69, 9.17) is 0 Å². The molecule has 86 valence electrons. The van der Waals surface area contributed by atoms with Crippen LogP contribution < -0.4 is 5.32 Å². The molecule has 2 rings (SSSR count). The summed E-state index contributed by atoms with van der Waals surface area (Å²) in [5.41, 5.74) is 0.430. The second-order valence-corrected chi connectivity index (χ2v) is 7.26. The molecule has 1 aliphatic heterocycles. The van der Waals surface area contributed by atoms with Gasteiger partial charge >= 0.3 is 0 Å². The van der Waals surface area contributed by atoms with Crippen LogP contribution in [0.15, 0.2) is 4.99 Å². The zero-order valence-electron chi connectivity index (χ0n) is 10.0. The summed E-state index contributed by atoms with van der Waals surface area (Å²) in [5.74, 6) is 0.940. The second kappa shape index (κ2) is 4.36. The van der Waals surface area contributed by atoms with Crippen LogP contribution in [0.4, 0.5) is 0 Å².